The molecule has 0 aliphatic rings. The lowest BCUT2D eigenvalue weighted by Crippen LogP contribution is -1.80. The molecule has 2 nitrogen and oxygen atoms in total. The van der Waals surface area contributed by atoms with Crippen molar-refractivity contribution in [1.29, 1.82) is 0 Å². The van der Waals surface area contributed by atoms with Gasteiger partial charge in [-0.15, -0.1) is 0 Å². The average molecular weight is 251 g/mol. The van der Waals surface area contributed by atoms with Crippen LogP contribution in [-0.4, -0.2) is 10.1 Å². The fraction of sp³-hybridized carbons (Fsp3) is 0.111. The number of halogens is 3. The minimum Gasteiger partial charge on any atom is -0.392 e. The molecule has 74 valence electrons. The highest BCUT2D eigenvalue weighted by molar-refractivity contribution is 6.39. The van der Waals surface area contributed by atoms with Crippen molar-refractivity contribution in [2.75, 3.05) is 0 Å². The molecule has 0 aliphatic carbocycles. The fourth-order valence-corrected chi connectivity index (χ4v) is 2.19. The molecule has 5 heteroatoms. The molecule has 0 bridgehead atoms. The first kappa shape index (κ1) is 10.1. The lowest BCUT2D eigenvalue weighted by molar-refractivity contribution is 0.283. The van der Waals surface area contributed by atoms with E-state index in [0.717, 1.165) is 5.39 Å². The molecule has 0 atom stereocenters. The number of hydrogen-bond acceptors (Lipinski definition) is 1. The van der Waals surface area contributed by atoms with Crippen LogP contribution in [0.3, 0.4) is 0 Å². The van der Waals surface area contributed by atoms with Gasteiger partial charge >= 0.3 is 0 Å². The highest BCUT2D eigenvalue weighted by atomic mass is 35.5. The van der Waals surface area contributed by atoms with E-state index in [9.17, 15) is 0 Å². The molecule has 0 aliphatic heterocycles. The van der Waals surface area contributed by atoms with E-state index in [1.807, 2.05) is 0 Å². The molecule has 0 fully saturated rings. The summed E-state index contributed by atoms with van der Waals surface area (Å²) in [5.41, 5.74) is 1.32. The third-order valence-corrected chi connectivity index (χ3v) is 2.88. The topological polar surface area (TPSA) is 36.0 Å². The molecule has 0 saturated carbocycles. The Kier molecular flexibility index (Phi) is 2.62. The van der Waals surface area contributed by atoms with Crippen LogP contribution < -0.4 is 0 Å². The summed E-state index contributed by atoms with van der Waals surface area (Å²) in [6.07, 6.45) is 0. The Hall–Kier alpha value is -0.410. The molecular weight excluding hydrogens is 244 g/mol. The fourth-order valence-electron chi connectivity index (χ4n) is 1.40. The molecule has 1 heterocycles. The maximum Gasteiger partial charge on any atom is 0.112 e. The van der Waals surface area contributed by atoms with Crippen molar-refractivity contribution in [2.45, 2.75) is 6.61 Å². The van der Waals surface area contributed by atoms with Gasteiger partial charge in [0.1, 0.15) is 5.15 Å². The van der Waals surface area contributed by atoms with Gasteiger partial charge in [-0.05, 0) is 12.1 Å². The minimum atomic E-state index is -0.143. The second kappa shape index (κ2) is 3.63. The van der Waals surface area contributed by atoms with Gasteiger partial charge in [-0.25, -0.2) is 0 Å². The Balaban J connectivity index is 2.87. The minimum absolute atomic E-state index is 0.143. The summed E-state index contributed by atoms with van der Waals surface area (Å²) in [6, 6.07) is 3.34. The van der Waals surface area contributed by atoms with Crippen LogP contribution in [-0.2, 0) is 6.61 Å². The van der Waals surface area contributed by atoms with Crippen molar-refractivity contribution in [3.8, 4) is 0 Å². The van der Waals surface area contributed by atoms with E-state index in [0.29, 0.717) is 26.3 Å². The normalized spacial score (nSPS) is 11.1. The molecule has 0 amide bonds. The lowest BCUT2D eigenvalue weighted by Gasteiger charge is -1.97. The number of aliphatic hydroxyl groups excluding tert-OH is 1. The Morgan fingerprint density at radius 1 is 1.21 bits per heavy atom. The van der Waals surface area contributed by atoms with E-state index in [-0.39, 0.29) is 6.61 Å². The number of fused-ring (bicyclic) bond motifs is 1. The van der Waals surface area contributed by atoms with E-state index in [4.69, 9.17) is 39.9 Å². The van der Waals surface area contributed by atoms with Crippen LogP contribution in [0.4, 0.5) is 0 Å². The lowest BCUT2D eigenvalue weighted by atomic mass is 10.2. The maximum absolute atomic E-state index is 9.10. The zero-order chi connectivity index (χ0) is 10.3. The van der Waals surface area contributed by atoms with Crippen molar-refractivity contribution >= 4 is 45.7 Å². The number of H-pyrrole nitrogens is 1. The van der Waals surface area contributed by atoms with Gasteiger partial charge in [0, 0.05) is 16.0 Å². The molecule has 14 heavy (non-hydrogen) atoms. The largest absolute Gasteiger partial charge is 0.392 e. The molecule has 0 unspecified atom stereocenters. The molecular formula is C9H6Cl3NO. The molecule has 1 aromatic carbocycles. The molecule has 1 aromatic heterocycles. The van der Waals surface area contributed by atoms with Crippen LogP contribution in [0.5, 0.6) is 0 Å². The number of aromatic nitrogens is 1. The SMILES string of the molecule is OCc1c(Cl)[nH]c2c(Cl)cc(Cl)cc12. The van der Waals surface area contributed by atoms with Crippen LogP contribution >= 0.6 is 34.8 Å². The van der Waals surface area contributed by atoms with Crippen molar-refractivity contribution in [1.82, 2.24) is 4.98 Å². The first-order valence-corrected chi connectivity index (χ1v) is 5.03. The van der Waals surface area contributed by atoms with Crippen molar-refractivity contribution < 1.29 is 5.11 Å². The van der Waals surface area contributed by atoms with Gasteiger partial charge in [0.2, 0.25) is 0 Å². The summed E-state index contributed by atoms with van der Waals surface area (Å²) in [5, 5.41) is 11.3. The number of aromatic amines is 1. The number of benzene rings is 1. The maximum atomic E-state index is 9.10. The number of hydrogen-bond donors (Lipinski definition) is 2. The predicted molar refractivity (Wildman–Crippen MR) is 59.3 cm³/mol. The summed E-state index contributed by atoms with van der Waals surface area (Å²) in [4.78, 5) is 2.89. The predicted octanol–water partition coefficient (Wildman–Crippen LogP) is 3.62. The second-order valence-electron chi connectivity index (χ2n) is 2.89. The smallest absolute Gasteiger partial charge is 0.112 e. The summed E-state index contributed by atoms with van der Waals surface area (Å²) < 4.78 is 0. The Labute approximate surface area is 95.4 Å². The summed E-state index contributed by atoms with van der Waals surface area (Å²) >= 11 is 17.7. The zero-order valence-electron chi connectivity index (χ0n) is 6.94. The quantitative estimate of drug-likeness (QED) is 0.797. The Bertz CT molecular complexity index is 492. The molecule has 0 radical (unpaired) electrons. The van der Waals surface area contributed by atoms with Crippen LogP contribution in [0.2, 0.25) is 15.2 Å². The van der Waals surface area contributed by atoms with Gasteiger partial charge < -0.3 is 10.1 Å². The van der Waals surface area contributed by atoms with Crippen molar-refractivity contribution in [3.05, 3.63) is 32.9 Å². The molecule has 2 aromatic rings. The number of rotatable bonds is 1. The first-order valence-electron chi connectivity index (χ1n) is 3.89. The van der Waals surface area contributed by atoms with E-state index in [1.165, 1.54) is 0 Å². The van der Waals surface area contributed by atoms with Crippen molar-refractivity contribution in [2.24, 2.45) is 0 Å². The number of nitrogens with one attached hydrogen (secondary N) is 1. The van der Waals surface area contributed by atoms with Crippen LogP contribution in [0.15, 0.2) is 12.1 Å². The highest BCUT2D eigenvalue weighted by Crippen LogP contribution is 2.33. The van der Waals surface area contributed by atoms with Gasteiger partial charge in [-0.1, -0.05) is 34.8 Å². The average Bonchev–Trinajstić information content (AvgIpc) is 2.41. The molecule has 2 N–H and O–H groups in total. The van der Waals surface area contributed by atoms with Crippen LogP contribution in [0.1, 0.15) is 5.56 Å². The number of aliphatic hydroxyl groups is 1. The summed E-state index contributed by atoms with van der Waals surface area (Å²) in [5.74, 6) is 0. The third-order valence-electron chi connectivity index (χ3n) is 2.04. The second-order valence-corrected chi connectivity index (χ2v) is 4.11. The van der Waals surface area contributed by atoms with Crippen LogP contribution in [0, 0.1) is 0 Å². The van der Waals surface area contributed by atoms with E-state index >= 15 is 0 Å². The monoisotopic (exact) mass is 249 g/mol. The molecule has 0 saturated heterocycles. The standard InChI is InChI=1S/C9H6Cl3NO/c10-4-1-5-6(3-14)9(12)13-8(5)7(11)2-4/h1-2,13-14H,3H2. The van der Waals surface area contributed by atoms with Gasteiger partial charge in [0.25, 0.3) is 0 Å². The summed E-state index contributed by atoms with van der Waals surface area (Å²) in [7, 11) is 0. The molecule has 0 spiro atoms. The third kappa shape index (κ3) is 1.48. The van der Waals surface area contributed by atoms with Gasteiger partial charge in [0.05, 0.1) is 17.1 Å². The van der Waals surface area contributed by atoms with E-state index < -0.39 is 0 Å². The van der Waals surface area contributed by atoms with E-state index in [2.05, 4.69) is 4.98 Å². The van der Waals surface area contributed by atoms with Crippen molar-refractivity contribution in [3.63, 3.8) is 0 Å². The van der Waals surface area contributed by atoms with Gasteiger partial charge in [-0.2, -0.15) is 0 Å². The van der Waals surface area contributed by atoms with E-state index in [1.54, 1.807) is 12.1 Å². The Morgan fingerprint density at radius 3 is 2.57 bits per heavy atom. The van der Waals surface area contributed by atoms with Crippen LogP contribution in [0.25, 0.3) is 10.9 Å². The first-order chi connectivity index (χ1) is 6.63. The molecule has 2 rings (SSSR count). The summed E-state index contributed by atoms with van der Waals surface area (Å²) in [6.45, 7) is -0.143. The zero-order valence-corrected chi connectivity index (χ0v) is 9.21. The van der Waals surface area contributed by atoms with Gasteiger partial charge in [-0.3, -0.25) is 0 Å². The highest BCUT2D eigenvalue weighted by Gasteiger charge is 2.12. The Morgan fingerprint density at radius 2 is 1.93 bits per heavy atom. The van der Waals surface area contributed by atoms with Gasteiger partial charge in [0.15, 0.2) is 0 Å².